The predicted molar refractivity (Wildman–Crippen MR) is 43.5 cm³/mol. The van der Waals surface area contributed by atoms with Crippen LogP contribution in [0.3, 0.4) is 0 Å². The van der Waals surface area contributed by atoms with Crippen molar-refractivity contribution in [1.29, 1.82) is 5.41 Å². The van der Waals surface area contributed by atoms with Crippen LogP contribution in [0.5, 0.6) is 0 Å². The van der Waals surface area contributed by atoms with Gasteiger partial charge in [-0.2, -0.15) is 0 Å². The SMILES string of the molecule is Br.C#CCSC(=N)N. The summed E-state index contributed by atoms with van der Waals surface area (Å²) < 4.78 is 0. The first-order valence-electron chi connectivity index (χ1n) is 1.67. The smallest absolute Gasteiger partial charge is 0.151 e. The van der Waals surface area contributed by atoms with E-state index in [0.717, 1.165) is 11.8 Å². The maximum atomic E-state index is 6.64. The molecule has 0 saturated heterocycles. The molecule has 0 aliphatic heterocycles. The van der Waals surface area contributed by atoms with Crippen LogP contribution in [0.2, 0.25) is 0 Å². The first-order chi connectivity index (χ1) is 3.27. The van der Waals surface area contributed by atoms with Gasteiger partial charge < -0.3 is 5.73 Å². The average molecular weight is 195 g/mol. The Morgan fingerprint density at radius 2 is 2.38 bits per heavy atom. The van der Waals surface area contributed by atoms with Gasteiger partial charge in [0, 0.05) is 0 Å². The first-order valence-corrected chi connectivity index (χ1v) is 2.66. The Kier molecular flexibility index (Phi) is 9.24. The molecule has 0 heterocycles. The molecule has 0 rings (SSSR count). The highest BCUT2D eigenvalue weighted by Gasteiger charge is 1.81. The molecule has 46 valence electrons. The average Bonchev–Trinajstić information content (AvgIpc) is 1.61. The lowest BCUT2D eigenvalue weighted by atomic mass is 10.8. The van der Waals surface area contributed by atoms with E-state index >= 15 is 0 Å². The van der Waals surface area contributed by atoms with Crippen LogP contribution in [0.25, 0.3) is 0 Å². The predicted octanol–water partition coefficient (Wildman–Crippen LogP) is 0.824. The van der Waals surface area contributed by atoms with Crippen LogP contribution in [0.4, 0.5) is 0 Å². The molecule has 0 radical (unpaired) electrons. The van der Waals surface area contributed by atoms with Crippen LogP contribution >= 0.6 is 28.7 Å². The summed E-state index contributed by atoms with van der Waals surface area (Å²) in [5.41, 5.74) is 4.93. The zero-order valence-electron chi connectivity index (χ0n) is 4.18. The van der Waals surface area contributed by atoms with E-state index in [1.54, 1.807) is 0 Å². The Morgan fingerprint density at radius 3 is 2.50 bits per heavy atom. The highest BCUT2D eigenvalue weighted by Crippen LogP contribution is 1.92. The summed E-state index contributed by atoms with van der Waals surface area (Å²) in [6.07, 6.45) is 4.85. The quantitative estimate of drug-likeness (QED) is 0.369. The molecule has 3 N–H and O–H groups in total. The van der Waals surface area contributed by atoms with Gasteiger partial charge in [-0.25, -0.2) is 0 Å². The molecule has 0 aromatic rings. The Balaban J connectivity index is 0. The summed E-state index contributed by atoms with van der Waals surface area (Å²) in [6.45, 7) is 0. The zero-order valence-corrected chi connectivity index (χ0v) is 6.71. The highest BCUT2D eigenvalue weighted by atomic mass is 79.9. The van der Waals surface area contributed by atoms with Gasteiger partial charge in [0.2, 0.25) is 0 Å². The van der Waals surface area contributed by atoms with Crippen molar-refractivity contribution in [2.45, 2.75) is 0 Å². The third kappa shape index (κ3) is 9.29. The van der Waals surface area contributed by atoms with Gasteiger partial charge in [0.1, 0.15) is 0 Å². The van der Waals surface area contributed by atoms with E-state index in [0.29, 0.717) is 5.75 Å². The van der Waals surface area contributed by atoms with Crippen molar-refractivity contribution in [3.63, 3.8) is 0 Å². The lowest BCUT2D eigenvalue weighted by Gasteiger charge is -1.85. The van der Waals surface area contributed by atoms with Crippen molar-refractivity contribution in [2.75, 3.05) is 5.75 Å². The second-order valence-corrected chi connectivity index (χ2v) is 1.87. The lowest BCUT2D eigenvalue weighted by Crippen LogP contribution is -2.03. The number of halogens is 1. The summed E-state index contributed by atoms with van der Waals surface area (Å²) in [6, 6.07) is 0. The minimum absolute atomic E-state index is 0. The van der Waals surface area contributed by atoms with Crippen LogP contribution in [-0.2, 0) is 0 Å². The Morgan fingerprint density at radius 1 is 1.88 bits per heavy atom. The molecule has 0 aliphatic rings. The molecular formula is C4H7BrN2S. The molecule has 8 heavy (non-hydrogen) atoms. The second kappa shape index (κ2) is 6.86. The number of thioether (sulfide) groups is 1. The van der Waals surface area contributed by atoms with E-state index in [4.69, 9.17) is 17.6 Å². The Bertz CT molecular complexity index is 107. The number of nitrogens with two attached hydrogens (primary N) is 1. The van der Waals surface area contributed by atoms with Crippen molar-refractivity contribution in [1.82, 2.24) is 0 Å². The van der Waals surface area contributed by atoms with Crippen LogP contribution in [0.1, 0.15) is 0 Å². The van der Waals surface area contributed by atoms with Gasteiger partial charge >= 0.3 is 0 Å². The number of nitrogens with one attached hydrogen (secondary N) is 1. The summed E-state index contributed by atoms with van der Waals surface area (Å²) in [7, 11) is 0. The van der Waals surface area contributed by atoms with E-state index in [2.05, 4.69) is 5.92 Å². The normalized spacial score (nSPS) is 6.38. The zero-order chi connectivity index (χ0) is 5.70. The van der Waals surface area contributed by atoms with E-state index in [1.807, 2.05) is 0 Å². The standard InChI is InChI=1S/C4H6N2S.BrH/c1-2-3-7-4(5)6;/h1H,3H2,(H3,5,6);1H. The van der Waals surface area contributed by atoms with Crippen LogP contribution in [0, 0.1) is 17.8 Å². The number of terminal acetylenes is 1. The van der Waals surface area contributed by atoms with Crippen LogP contribution < -0.4 is 5.73 Å². The molecule has 0 spiro atoms. The van der Waals surface area contributed by atoms with Crippen molar-refractivity contribution < 1.29 is 0 Å². The van der Waals surface area contributed by atoms with Gasteiger partial charge in [-0.3, -0.25) is 5.41 Å². The fraction of sp³-hybridized carbons (Fsp3) is 0.250. The van der Waals surface area contributed by atoms with Crippen LogP contribution in [0.15, 0.2) is 0 Å². The summed E-state index contributed by atoms with van der Waals surface area (Å²) in [5, 5.41) is 6.72. The molecule has 0 bridgehead atoms. The molecule has 0 aromatic carbocycles. The molecule has 2 nitrogen and oxygen atoms in total. The molecule has 0 unspecified atom stereocenters. The topological polar surface area (TPSA) is 49.9 Å². The van der Waals surface area contributed by atoms with E-state index < -0.39 is 0 Å². The minimum Gasteiger partial charge on any atom is -0.379 e. The maximum Gasteiger partial charge on any atom is 0.151 e. The van der Waals surface area contributed by atoms with Crippen molar-refractivity contribution >= 4 is 33.9 Å². The molecule has 4 heteroatoms. The van der Waals surface area contributed by atoms with Crippen molar-refractivity contribution in [2.24, 2.45) is 5.73 Å². The van der Waals surface area contributed by atoms with Gasteiger partial charge in [-0.1, -0.05) is 17.7 Å². The molecule has 0 atom stereocenters. The second-order valence-electron chi connectivity index (χ2n) is 0.857. The van der Waals surface area contributed by atoms with E-state index in [1.165, 1.54) is 0 Å². The van der Waals surface area contributed by atoms with E-state index in [9.17, 15) is 0 Å². The van der Waals surface area contributed by atoms with Gasteiger partial charge in [0.05, 0.1) is 5.75 Å². The van der Waals surface area contributed by atoms with Crippen molar-refractivity contribution in [3.05, 3.63) is 0 Å². The fourth-order valence-corrected chi connectivity index (χ4v) is 0.358. The number of hydrogen-bond acceptors (Lipinski definition) is 2. The number of amidine groups is 1. The van der Waals surface area contributed by atoms with Gasteiger partial charge in [-0.15, -0.1) is 23.4 Å². The third-order valence-corrected chi connectivity index (χ3v) is 0.933. The van der Waals surface area contributed by atoms with Crippen LogP contribution in [-0.4, -0.2) is 10.9 Å². The summed E-state index contributed by atoms with van der Waals surface area (Å²) in [4.78, 5) is 0. The maximum absolute atomic E-state index is 6.64. The van der Waals surface area contributed by atoms with Gasteiger partial charge in [0.25, 0.3) is 0 Å². The molecular weight excluding hydrogens is 188 g/mol. The Labute approximate surface area is 63.5 Å². The van der Waals surface area contributed by atoms with Gasteiger partial charge in [0.15, 0.2) is 5.17 Å². The molecule has 0 saturated carbocycles. The summed E-state index contributed by atoms with van der Waals surface area (Å²) in [5.74, 6) is 2.84. The first kappa shape index (κ1) is 10.8. The number of hydrogen-bond donors (Lipinski definition) is 2. The Hall–Kier alpha value is -0.140. The third-order valence-electron chi connectivity index (χ3n) is 0.311. The minimum atomic E-state index is 0. The van der Waals surface area contributed by atoms with Crippen molar-refractivity contribution in [3.8, 4) is 12.3 Å². The molecule has 0 aromatic heterocycles. The lowest BCUT2D eigenvalue weighted by molar-refractivity contribution is 1.50. The summed E-state index contributed by atoms with van der Waals surface area (Å²) >= 11 is 1.16. The molecule has 0 fully saturated rings. The highest BCUT2D eigenvalue weighted by molar-refractivity contribution is 8.93. The number of rotatable bonds is 1. The van der Waals surface area contributed by atoms with E-state index in [-0.39, 0.29) is 22.1 Å². The van der Waals surface area contributed by atoms with Gasteiger partial charge in [-0.05, 0) is 0 Å². The monoisotopic (exact) mass is 194 g/mol. The molecule has 0 amide bonds. The fourth-order valence-electron chi connectivity index (χ4n) is 0.119. The largest absolute Gasteiger partial charge is 0.379 e. The molecule has 0 aliphatic carbocycles.